The van der Waals surface area contributed by atoms with Crippen LogP contribution in [0.2, 0.25) is 0 Å². The number of alkyl halides is 3. The minimum atomic E-state index is -4.15. The van der Waals surface area contributed by atoms with E-state index in [4.69, 9.17) is 0 Å². The maximum atomic E-state index is 12.2. The van der Waals surface area contributed by atoms with E-state index in [0.29, 0.717) is 6.54 Å². The van der Waals surface area contributed by atoms with E-state index in [1.165, 1.54) is 18.3 Å². The molecule has 0 aliphatic carbocycles. The molecule has 0 aliphatic heterocycles. The summed E-state index contributed by atoms with van der Waals surface area (Å²) in [5.41, 5.74) is 1.50. The van der Waals surface area contributed by atoms with E-state index in [-0.39, 0.29) is 0 Å². The molecule has 7 heteroatoms. The third-order valence-electron chi connectivity index (χ3n) is 2.61. The number of aromatic nitrogens is 2. The van der Waals surface area contributed by atoms with Crippen molar-refractivity contribution < 1.29 is 13.2 Å². The van der Waals surface area contributed by atoms with Crippen molar-refractivity contribution in [1.82, 2.24) is 15.3 Å². The van der Waals surface area contributed by atoms with Crippen LogP contribution < -0.4 is 5.32 Å². The summed E-state index contributed by atoms with van der Waals surface area (Å²) in [6.45, 7) is 1.83. The van der Waals surface area contributed by atoms with Crippen molar-refractivity contribution in [3.8, 4) is 10.7 Å². The van der Waals surface area contributed by atoms with Gasteiger partial charge in [-0.25, -0.2) is 4.98 Å². The molecule has 2 heterocycles. The van der Waals surface area contributed by atoms with E-state index in [9.17, 15) is 13.2 Å². The topological polar surface area (TPSA) is 37.8 Å². The van der Waals surface area contributed by atoms with Gasteiger partial charge < -0.3 is 5.32 Å². The van der Waals surface area contributed by atoms with Crippen LogP contribution in [0.15, 0.2) is 29.8 Å². The molecule has 2 rings (SSSR count). The fourth-order valence-corrected chi connectivity index (χ4v) is 2.49. The standard InChI is InChI=1S/C13H14F3N3S/c1-9(6-13(14,15)16)18-7-10-8-20-12(19-10)11-4-2-3-5-17-11/h2-5,8-9,18H,6-7H2,1H3. The maximum absolute atomic E-state index is 12.2. The summed E-state index contributed by atoms with van der Waals surface area (Å²) in [6.07, 6.45) is -3.31. The minimum absolute atomic E-state index is 0.320. The van der Waals surface area contributed by atoms with Gasteiger partial charge in [-0.05, 0) is 19.1 Å². The Kier molecular flexibility index (Phi) is 4.72. The first-order chi connectivity index (χ1) is 9.44. The van der Waals surface area contributed by atoms with Gasteiger partial charge in [-0.2, -0.15) is 13.2 Å². The molecule has 2 aromatic heterocycles. The van der Waals surface area contributed by atoms with E-state index in [2.05, 4.69) is 15.3 Å². The molecule has 0 saturated carbocycles. The highest BCUT2D eigenvalue weighted by Crippen LogP contribution is 2.23. The largest absolute Gasteiger partial charge is 0.390 e. The third kappa shape index (κ3) is 4.57. The summed E-state index contributed by atoms with van der Waals surface area (Å²) in [5, 5.41) is 5.42. The molecule has 0 spiro atoms. The van der Waals surface area contributed by atoms with Crippen molar-refractivity contribution in [2.45, 2.75) is 32.1 Å². The lowest BCUT2D eigenvalue weighted by Gasteiger charge is -2.14. The molecular weight excluding hydrogens is 287 g/mol. The summed E-state index contributed by atoms with van der Waals surface area (Å²) < 4.78 is 36.6. The number of rotatable bonds is 5. The number of nitrogens with one attached hydrogen (secondary N) is 1. The summed E-state index contributed by atoms with van der Waals surface area (Å²) in [6, 6.07) is 4.91. The Balaban J connectivity index is 1.91. The van der Waals surface area contributed by atoms with Crippen LogP contribution in [0.25, 0.3) is 10.7 Å². The van der Waals surface area contributed by atoms with Gasteiger partial charge in [0.25, 0.3) is 0 Å². The van der Waals surface area contributed by atoms with Crippen LogP contribution in [0.4, 0.5) is 13.2 Å². The molecule has 0 aromatic carbocycles. The van der Waals surface area contributed by atoms with Gasteiger partial charge in [0.2, 0.25) is 0 Å². The van der Waals surface area contributed by atoms with E-state index in [1.54, 1.807) is 6.20 Å². The molecule has 2 aromatic rings. The van der Waals surface area contributed by atoms with Crippen molar-refractivity contribution in [1.29, 1.82) is 0 Å². The molecule has 1 N–H and O–H groups in total. The third-order valence-corrected chi connectivity index (χ3v) is 3.52. The van der Waals surface area contributed by atoms with Crippen LogP contribution in [-0.2, 0) is 6.54 Å². The normalized spacial score (nSPS) is 13.4. The highest BCUT2D eigenvalue weighted by Gasteiger charge is 2.29. The molecule has 1 unspecified atom stereocenters. The number of nitrogens with zero attached hydrogens (tertiary/aromatic N) is 2. The summed E-state index contributed by atoms with van der Waals surface area (Å²) >= 11 is 1.43. The number of hydrogen-bond acceptors (Lipinski definition) is 4. The molecule has 0 amide bonds. The molecular formula is C13H14F3N3S. The van der Waals surface area contributed by atoms with Crippen LogP contribution >= 0.6 is 11.3 Å². The van der Waals surface area contributed by atoms with Gasteiger partial charge in [0.1, 0.15) is 5.01 Å². The molecule has 1 atom stereocenters. The fourth-order valence-electron chi connectivity index (χ4n) is 1.69. The Hall–Kier alpha value is -1.47. The Labute approximate surface area is 118 Å². The van der Waals surface area contributed by atoms with Crippen LogP contribution in [0.1, 0.15) is 19.0 Å². The van der Waals surface area contributed by atoms with Crippen LogP contribution in [0.5, 0.6) is 0 Å². The van der Waals surface area contributed by atoms with Crippen molar-refractivity contribution >= 4 is 11.3 Å². The van der Waals surface area contributed by atoms with Gasteiger partial charge in [0.15, 0.2) is 0 Å². The van der Waals surface area contributed by atoms with E-state index >= 15 is 0 Å². The molecule has 0 fully saturated rings. The highest BCUT2D eigenvalue weighted by atomic mass is 32.1. The van der Waals surface area contributed by atoms with Crippen molar-refractivity contribution in [2.75, 3.05) is 0 Å². The molecule has 0 saturated heterocycles. The Morgan fingerprint density at radius 3 is 2.80 bits per heavy atom. The van der Waals surface area contributed by atoms with Crippen LogP contribution in [0, 0.1) is 0 Å². The van der Waals surface area contributed by atoms with Gasteiger partial charge >= 0.3 is 6.18 Å². The van der Waals surface area contributed by atoms with E-state index in [1.807, 2.05) is 23.6 Å². The summed E-state index contributed by atoms with van der Waals surface area (Å²) in [7, 11) is 0. The quantitative estimate of drug-likeness (QED) is 0.916. The van der Waals surface area contributed by atoms with Crippen molar-refractivity contribution in [3.63, 3.8) is 0 Å². The fraction of sp³-hybridized carbons (Fsp3) is 0.385. The maximum Gasteiger partial charge on any atom is 0.390 e. The zero-order valence-corrected chi connectivity index (χ0v) is 11.6. The first-order valence-corrected chi connectivity index (χ1v) is 6.98. The van der Waals surface area contributed by atoms with E-state index < -0.39 is 18.6 Å². The smallest absolute Gasteiger partial charge is 0.308 e. The average molecular weight is 301 g/mol. The molecule has 20 heavy (non-hydrogen) atoms. The predicted molar refractivity (Wildman–Crippen MR) is 72.3 cm³/mol. The number of hydrogen-bond donors (Lipinski definition) is 1. The lowest BCUT2D eigenvalue weighted by atomic mass is 10.2. The second-order valence-corrected chi connectivity index (χ2v) is 5.32. The van der Waals surface area contributed by atoms with Crippen molar-refractivity contribution in [3.05, 3.63) is 35.5 Å². The van der Waals surface area contributed by atoms with Gasteiger partial charge in [0.05, 0.1) is 17.8 Å². The van der Waals surface area contributed by atoms with Gasteiger partial charge in [-0.1, -0.05) is 6.07 Å². The number of pyridine rings is 1. The Morgan fingerprint density at radius 1 is 1.35 bits per heavy atom. The SMILES string of the molecule is CC(CC(F)(F)F)NCc1csc(-c2ccccn2)n1. The second-order valence-electron chi connectivity index (χ2n) is 4.46. The van der Waals surface area contributed by atoms with Crippen molar-refractivity contribution in [2.24, 2.45) is 0 Å². The molecule has 0 bridgehead atoms. The minimum Gasteiger partial charge on any atom is -0.308 e. The zero-order chi connectivity index (χ0) is 14.6. The van der Waals surface area contributed by atoms with Crippen LogP contribution in [0.3, 0.4) is 0 Å². The molecule has 0 radical (unpaired) electrons. The first-order valence-electron chi connectivity index (χ1n) is 6.10. The zero-order valence-electron chi connectivity index (χ0n) is 10.8. The molecule has 108 valence electrons. The van der Waals surface area contributed by atoms with Gasteiger partial charge in [-0.15, -0.1) is 11.3 Å². The summed E-state index contributed by atoms with van der Waals surface area (Å²) in [4.78, 5) is 8.55. The molecule has 3 nitrogen and oxygen atoms in total. The highest BCUT2D eigenvalue weighted by molar-refractivity contribution is 7.13. The summed E-state index contributed by atoms with van der Waals surface area (Å²) in [5.74, 6) is 0. The number of halogens is 3. The Bertz CT molecular complexity index is 539. The second kappa shape index (κ2) is 6.32. The first kappa shape index (κ1) is 14.9. The number of thiazole rings is 1. The molecule has 0 aliphatic rings. The lowest BCUT2D eigenvalue weighted by molar-refractivity contribution is -0.139. The van der Waals surface area contributed by atoms with E-state index in [0.717, 1.165) is 16.4 Å². The van der Waals surface area contributed by atoms with Gasteiger partial charge in [-0.3, -0.25) is 4.98 Å². The Morgan fingerprint density at radius 2 is 2.15 bits per heavy atom. The predicted octanol–water partition coefficient (Wildman–Crippen LogP) is 3.64. The monoisotopic (exact) mass is 301 g/mol. The van der Waals surface area contributed by atoms with Crippen LogP contribution in [-0.4, -0.2) is 22.2 Å². The average Bonchev–Trinajstić information content (AvgIpc) is 2.84. The van der Waals surface area contributed by atoms with Gasteiger partial charge in [0, 0.05) is 24.2 Å². The lowest BCUT2D eigenvalue weighted by Crippen LogP contribution is -2.30.